The SMILES string of the molecule is Cc1cc(C)c(C2=C(O)CC(C(C)CS(=O)(=O)c3ccc(C(F)(F)F)cc3)CC2=O)c(C)c1. The van der Waals surface area contributed by atoms with Crippen LogP contribution in [0.4, 0.5) is 13.2 Å². The lowest BCUT2D eigenvalue weighted by Crippen LogP contribution is -2.28. The van der Waals surface area contributed by atoms with Crippen LogP contribution in [-0.2, 0) is 20.8 Å². The van der Waals surface area contributed by atoms with Gasteiger partial charge in [-0.25, -0.2) is 8.42 Å². The number of halogens is 3. The molecule has 4 nitrogen and oxygen atoms in total. The fourth-order valence-corrected chi connectivity index (χ4v) is 6.32. The van der Waals surface area contributed by atoms with Gasteiger partial charge >= 0.3 is 6.18 Å². The summed E-state index contributed by atoms with van der Waals surface area (Å²) in [4.78, 5) is 12.8. The van der Waals surface area contributed by atoms with Crippen LogP contribution in [0.2, 0.25) is 0 Å². The van der Waals surface area contributed by atoms with Crippen molar-refractivity contribution in [1.82, 2.24) is 0 Å². The molecule has 0 saturated carbocycles. The minimum atomic E-state index is -4.55. The topological polar surface area (TPSA) is 71.4 Å². The molecule has 0 aromatic heterocycles. The Morgan fingerprint density at radius 2 is 1.58 bits per heavy atom. The molecule has 0 heterocycles. The fourth-order valence-electron chi connectivity index (χ4n) is 4.61. The molecule has 33 heavy (non-hydrogen) atoms. The van der Waals surface area contributed by atoms with Gasteiger partial charge in [-0.3, -0.25) is 4.79 Å². The molecule has 0 aliphatic heterocycles. The van der Waals surface area contributed by atoms with Gasteiger partial charge in [0.25, 0.3) is 0 Å². The zero-order valence-electron chi connectivity index (χ0n) is 19.0. The molecule has 8 heteroatoms. The first kappa shape index (κ1) is 25.0. The molecule has 2 aromatic carbocycles. The van der Waals surface area contributed by atoms with E-state index in [1.54, 1.807) is 6.92 Å². The van der Waals surface area contributed by atoms with Gasteiger partial charge in [-0.15, -0.1) is 0 Å². The second kappa shape index (κ2) is 8.97. The first-order valence-electron chi connectivity index (χ1n) is 10.6. The monoisotopic (exact) mass is 480 g/mol. The van der Waals surface area contributed by atoms with Gasteiger partial charge in [-0.05, 0) is 73.6 Å². The number of carbonyl (C=O) groups is 1. The standard InChI is InChI=1S/C25H27F3O4S/c1-14-9-15(2)23(16(3)10-14)24-21(29)11-18(12-22(24)30)17(4)13-33(31,32)20-7-5-19(6-8-20)25(26,27)28/h5-10,17-18,29H,11-13H2,1-4H3. The van der Waals surface area contributed by atoms with Crippen LogP contribution in [0.3, 0.4) is 0 Å². The molecule has 2 atom stereocenters. The average Bonchev–Trinajstić information content (AvgIpc) is 2.68. The van der Waals surface area contributed by atoms with E-state index < -0.39 is 33.4 Å². The van der Waals surface area contributed by atoms with Gasteiger partial charge in [0.15, 0.2) is 15.6 Å². The molecule has 2 unspecified atom stereocenters. The number of aliphatic hydroxyl groups is 1. The molecule has 0 spiro atoms. The third-order valence-corrected chi connectivity index (χ3v) is 8.18. The van der Waals surface area contributed by atoms with Gasteiger partial charge in [0.1, 0.15) is 5.76 Å². The molecule has 0 bridgehead atoms. The van der Waals surface area contributed by atoms with Crippen LogP contribution >= 0.6 is 0 Å². The lowest BCUT2D eigenvalue weighted by molar-refractivity contribution is -0.137. The van der Waals surface area contributed by atoms with Crippen LogP contribution in [0.1, 0.15) is 47.6 Å². The number of allylic oxidation sites excluding steroid dienone is 2. The number of benzene rings is 2. The molecular weight excluding hydrogens is 453 g/mol. The molecule has 0 amide bonds. The molecular formula is C25H27F3O4S. The van der Waals surface area contributed by atoms with E-state index in [4.69, 9.17) is 0 Å². The number of rotatable bonds is 5. The van der Waals surface area contributed by atoms with Crippen LogP contribution in [0, 0.1) is 32.6 Å². The highest BCUT2D eigenvalue weighted by Crippen LogP contribution is 2.39. The molecule has 3 rings (SSSR count). The van der Waals surface area contributed by atoms with Gasteiger partial charge in [0, 0.05) is 12.8 Å². The number of hydrogen-bond donors (Lipinski definition) is 1. The summed E-state index contributed by atoms with van der Waals surface area (Å²) < 4.78 is 63.8. The predicted molar refractivity (Wildman–Crippen MR) is 121 cm³/mol. The maximum Gasteiger partial charge on any atom is 0.416 e. The van der Waals surface area contributed by atoms with Crippen molar-refractivity contribution >= 4 is 21.2 Å². The smallest absolute Gasteiger partial charge is 0.416 e. The van der Waals surface area contributed by atoms with Crippen molar-refractivity contribution in [2.45, 2.75) is 51.6 Å². The summed E-state index contributed by atoms with van der Waals surface area (Å²) >= 11 is 0. The lowest BCUT2D eigenvalue weighted by atomic mass is 9.77. The third-order valence-electron chi connectivity index (χ3n) is 6.23. The number of aliphatic hydroxyl groups excluding tert-OH is 1. The summed E-state index contributed by atoms with van der Waals surface area (Å²) in [6.07, 6.45) is -4.29. The summed E-state index contributed by atoms with van der Waals surface area (Å²) in [5.41, 5.74) is 2.91. The molecule has 178 valence electrons. The van der Waals surface area contributed by atoms with E-state index in [0.717, 1.165) is 41.0 Å². The Bertz CT molecular complexity index is 1190. The summed E-state index contributed by atoms with van der Waals surface area (Å²) in [6.45, 7) is 7.40. The lowest BCUT2D eigenvalue weighted by Gasteiger charge is -2.29. The van der Waals surface area contributed by atoms with Crippen molar-refractivity contribution in [2.75, 3.05) is 5.75 Å². The second-order valence-corrected chi connectivity index (χ2v) is 11.0. The fraction of sp³-hybridized carbons (Fsp3) is 0.400. The van der Waals surface area contributed by atoms with E-state index in [2.05, 4.69) is 0 Å². The zero-order chi connectivity index (χ0) is 24.7. The number of hydrogen-bond acceptors (Lipinski definition) is 4. The summed E-state index contributed by atoms with van der Waals surface area (Å²) in [7, 11) is -3.87. The van der Waals surface area contributed by atoms with Crippen molar-refractivity contribution in [1.29, 1.82) is 0 Å². The van der Waals surface area contributed by atoms with Crippen LogP contribution in [0.5, 0.6) is 0 Å². The first-order valence-corrected chi connectivity index (χ1v) is 12.3. The summed E-state index contributed by atoms with van der Waals surface area (Å²) in [5.74, 6) is -1.49. The Balaban J connectivity index is 1.81. The van der Waals surface area contributed by atoms with E-state index in [1.165, 1.54) is 0 Å². The number of aryl methyl sites for hydroxylation is 3. The van der Waals surface area contributed by atoms with E-state index in [1.807, 2.05) is 32.9 Å². The van der Waals surface area contributed by atoms with Crippen molar-refractivity contribution in [3.8, 4) is 0 Å². The van der Waals surface area contributed by atoms with Gasteiger partial charge in [-0.1, -0.05) is 24.6 Å². The van der Waals surface area contributed by atoms with Gasteiger partial charge in [0.05, 0.1) is 21.8 Å². The third kappa shape index (κ3) is 5.32. The van der Waals surface area contributed by atoms with Crippen LogP contribution < -0.4 is 0 Å². The second-order valence-electron chi connectivity index (χ2n) is 8.97. The highest BCUT2D eigenvalue weighted by Gasteiger charge is 2.35. The van der Waals surface area contributed by atoms with Crippen molar-refractivity contribution in [3.05, 3.63) is 70.0 Å². The van der Waals surface area contributed by atoms with Crippen molar-refractivity contribution in [2.24, 2.45) is 11.8 Å². The molecule has 1 N–H and O–H groups in total. The number of carbonyl (C=O) groups excluding carboxylic acids is 1. The number of ketones is 1. The van der Waals surface area contributed by atoms with Gasteiger partial charge in [-0.2, -0.15) is 13.2 Å². The van der Waals surface area contributed by atoms with Gasteiger partial charge in [0.2, 0.25) is 0 Å². The van der Waals surface area contributed by atoms with Gasteiger partial charge < -0.3 is 5.11 Å². The first-order chi connectivity index (χ1) is 15.2. The Hall–Kier alpha value is -2.61. The maximum absolute atomic E-state index is 13.0. The van der Waals surface area contributed by atoms with Crippen molar-refractivity contribution < 1.29 is 31.5 Å². The zero-order valence-corrected chi connectivity index (χ0v) is 19.8. The average molecular weight is 481 g/mol. The molecule has 0 saturated heterocycles. The van der Waals surface area contributed by atoms with E-state index in [9.17, 15) is 31.5 Å². The van der Waals surface area contributed by atoms with E-state index in [0.29, 0.717) is 11.1 Å². The van der Waals surface area contributed by atoms with E-state index >= 15 is 0 Å². The van der Waals surface area contributed by atoms with Crippen molar-refractivity contribution in [3.63, 3.8) is 0 Å². The Kier molecular flexibility index (Phi) is 6.80. The summed E-state index contributed by atoms with van der Waals surface area (Å²) in [6, 6.07) is 7.29. The number of Topliss-reactive ketones (excluding diaryl/α,β-unsaturated/α-hetero) is 1. The molecule has 1 aliphatic carbocycles. The maximum atomic E-state index is 13.0. The predicted octanol–water partition coefficient (Wildman–Crippen LogP) is 5.99. The van der Waals surface area contributed by atoms with E-state index in [-0.39, 0.29) is 35.0 Å². The summed E-state index contributed by atoms with van der Waals surface area (Å²) in [5, 5.41) is 10.8. The molecule has 0 radical (unpaired) electrons. The largest absolute Gasteiger partial charge is 0.512 e. The normalized spacial score (nSPS) is 18.5. The quantitative estimate of drug-likeness (QED) is 0.571. The minimum Gasteiger partial charge on any atom is -0.512 e. The Morgan fingerprint density at radius 1 is 1.03 bits per heavy atom. The van der Waals surface area contributed by atoms with Crippen LogP contribution in [-0.4, -0.2) is 25.1 Å². The Labute approximate surface area is 192 Å². The number of alkyl halides is 3. The molecule has 2 aromatic rings. The van der Waals surface area contributed by atoms with Crippen LogP contribution in [0.15, 0.2) is 47.1 Å². The highest BCUT2D eigenvalue weighted by molar-refractivity contribution is 7.91. The van der Waals surface area contributed by atoms with Crippen LogP contribution in [0.25, 0.3) is 5.57 Å². The number of sulfone groups is 1. The Morgan fingerprint density at radius 3 is 2.06 bits per heavy atom. The molecule has 0 fully saturated rings. The minimum absolute atomic E-state index is 0.0509. The highest BCUT2D eigenvalue weighted by atomic mass is 32.2. The molecule has 1 aliphatic rings.